The Bertz CT molecular complexity index is 1290. The Balaban J connectivity index is 1.31. The van der Waals surface area contributed by atoms with Crippen molar-refractivity contribution in [3.05, 3.63) is 45.2 Å². The molecular formula is C22H22BrN7OS. The van der Waals surface area contributed by atoms with Crippen molar-refractivity contribution in [1.82, 2.24) is 24.9 Å². The van der Waals surface area contributed by atoms with Gasteiger partial charge in [0.15, 0.2) is 16.1 Å². The van der Waals surface area contributed by atoms with Gasteiger partial charge in [-0.05, 0) is 60.2 Å². The predicted octanol–water partition coefficient (Wildman–Crippen LogP) is 3.37. The Kier molecular flexibility index (Phi) is 4.41. The van der Waals surface area contributed by atoms with Crippen molar-refractivity contribution >= 4 is 44.3 Å². The molecule has 1 fully saturated rings. The number of aromatic nitrogens is 4. The van der Waals surface area contributed by atoms with Gasteiger partial charge in [0.25, 0.3) is 0 Å². The zero-order valence-corrected chi connectivity index (χ0v) is 20.2. The topological polar surface area (TPSA) is 117 Å². The average Bonchev–Trinajstić information content (AvgIpc) is 3.31. The fourth-order valence-electron chi connectivity index (χ4n) is 5.68. The van der Waals surface area contributed by atoms with Gasteiger partial charge >= 0.3 is 0 Å². The van der Waals surface area contributed by atoms with Crippen molar-refractivity contribution in [1.29, 1.82) is 5.26 Å². The molecule has 1 aromatic carbocycles. The van der Waals surface area contributed by atoms with Crippen molar-refractivity contribution in [2.75, 3.05) is 18.0 Å². The number of rotatable bonds is 1. The Hall–Kier alpha value is -2.19. The molecule has 2 aromatic heterocycles. The number of nitrogens with zero attached hydrogens (tertiary/aromatic N) is 5. The maximum Gasteiger partial charge on any atom is 0.228 e. The number of H-pyrrole nitrogens is 1. The minimum Gasteiger partial charge on any atom is -0.597 e. The number of hydrogen-bond donors (Lipinski definition) is 2. The molecule has 0 radical (unpaired) electrons. The molecule has 2 atom stereocenters. The summed E-state index contributed by atoms with van der Waals surface area (Å²) in [6, 6.07) is 8.75. The third-order valence-electron chi connectivity index (χ3n) is 7.49. The van der Waals surface area contributed by atoms with Crippen molar-refractivity contribution in [2.24, 2.45) is 5.41 Å². The molecule has 32 heavy (non-hydrogen) atoms. The molecule has 3 aliphatic rings. The maximum absolute atomic E-state index is 13.1. The maximum atomic E-state index is 13.1. The molecule has 0 unspecified atom stereocenters. The van der Waals surface area contributed by atoms with Crippen LogP contribution in [0.4, 0.5) is 5.95 Å². The van der Waals surface area contributed by atoms with E-state index in [0.29, 0.717) is 27.3 Å². The number of anilines is 1. The minimum absolute atomic E-state index is 0.0280. The van der Waals surface area contributed by atoms with Gasteiger partial charge in [-0.1, -0.05) is 18.2 Å². The lowest BCUT2D eigenvalue weighted by Gasteiger charge is -2.46. The first-order valence-electron chi connectivity index (χ1n) is 10.7. The average molecular weight is 512 g/mol. The van der Waals surface area contributed by atoms with Crippen LogP contribution in [-0.2, 0) is 22.5 Å². The van der Waals surface area contributed by atoms with Crippen LogP contribution >= 0.6 is 15.9 Å². The van der Waals surface area contributed by atoms with E-state index in [2.05, 4.69) is 83.8 Å². The van der Waals surface area contributed by atoms with Gasteiger partial charge < -0.3 is 9.45 Å². The highest BCUT2D eigenvalue weighted by molar-refractivity contribution is 9.10. The summed E-state index contributed by atoms with van der Waals surface area (Å²) in [6.45, 7) is 5.68. The number of aromatic amines is 1. The number of nitrogens with one attached hydrogen (secondary N) is 2. The van der Waals surface area contributed by atoms with Crippen molar-refractivity contribution in [2.45, 2.75) is 43.9 Å². The van der Waals surface area contributed by atoms with Crippen LogP contribution < -0.4 is 9.62 Å². The second-order valence-corrected chi connectivity index (χ2v) is 12.0. The molecule has 2 N–H and O–H groups in total. The Morgan fingerprint density at radius 3 is 2.81 bits per heavy atom. The number of piperidine rings is 1. The number of halogens is 1. The van der Waals surface area contributed by atoms with Crippen LogP contribution in [0.25, 0.3) is 11.0 Å². The third kappa shape index (κ3) is 2.71. The second-order valence-electron chi connectivity index (χ2n) is 9.46. The molecule has 4 heterocycles. The van der Waals surface area contributed by atoms with Gasteiger partial charge in [0, 0.05) is 35.4 Å². The van der Waals surface area contributed by atoms with E-state index in [-0.39, 0.29) is 11.5 Å². The van der Waals surface area contributed by atoms with E-state index in [4.69, 9.17) is 0 Å². The molecule has 0 saturated carbocycles. The van der Waals surface area contributed by atoms with Gasteiger partial charge in [-0.15, -0.1) is 4.72 Å². The number of fused-ring (bicyclic) bond motifs is 2. The normalized spacial score (nSPS) is 25.2. The number of nitriles is 1. The standard InChI is InChI=1S/C22H22BrN7OS/c1-21(2)13-5-3-4-12-10-22(17(15(12)13)29-32(21)31)6-8-30(9-7-22)20-25-14(11-24)16-18(23)27-28-19(16)26-20/h3-5,17,29H,6-10H2,1-2H3,(H,25,26,27,28)/t17-,32-/m1/s1. The van der Waals surface area contributed by atoms with Crippen LogP contribution in [-0.4, -0.2) is 37.8 Å². The molecular weight excluding hydrogens is 490 g/mol. The highest BCUT2D eigenvalue weighted by atomic mass is 79.9. The summed E-state index contributed by atoms with van der Waals surface area (Å²) in [5.41, 5.74) is 4.86. The highest BCUT2D eigenvalue weighted by Crippen LogP contribution is 2.57. The van der Waals surface area contributed by atoms with Gasteiger partial charge in [-0.25, -0.2) is 4.98 Å². The Morgan fingerprint density at radius 2 is 2.06 bits per heavy atom. The molecule has 10 heteroatoms. The first kappa shape index (κ1) is 20.4. The van der Waals surface area contributed by atoms with Crippen molar-refractivity contribution in [3.8, 4) is 6.07 Å². The lowest BCUT2D eigenvalue weighted by atomic mass is 9.72. The fraction of sp³-hybridized carbons (Fsp3) is 0.455. The van der Waals surface area contributed by atoms with E-state index >= 15 is 0 Å². The van der Waals surface area contributed by atoms with E-state index in [1.165, 1.54) is 16.7 Å². The van der Waals surface area contributed by atoms with Gasteiger partial charge in [0.05, 0.1) is 11.4 Å². The van der Waals surface area contributed by atoms with E-state index in [0.717, 1.165) is 32.4 Å². The van der Waals surface area contributed by atoms with Crippen LogP contribution in [0, 0.1) is 16.7 Å². The van der Waals surface area contributed by atoms with Crippen LogP contribution in [0.5, 0.6) is 0 Å². The lowest BCUT2D eigenvalue weighted by molar-refractivity contribution is 0.173. The number of hydrogen-bond acceptors (Lipinski definition) is 7. The summed E-state index contributed by atoms with van der Waals surface area (Å²) >= 11 is 2.21. The molecule has 2 aliphatic heterocycles. The van der Waals surface area contributed by atoms with Gasteiger partial charge in [0.1, 0.15) is 10.7 Å². The molecule has 6 rings (SSSR count). The molecule has 3 aromatic rings. The summed E-state index contributed by atoms with van der Waals surface area (Å²) in [6.07, 6.45) is 2.87. The summed E-state index contributed by atoms with van der Waals surface area (Å²) in [7, 11) is 0. The Labute approximate surface area is 197 Å². The van der Waals surface area contributed by atoms with Crippen molar-refractivity contribution < 1.29 is 4.55 Å². The van der Waals surface area contributed by atoms with Crippen LogP contribution in [0.1, 0.15) is 55.1 Å². The lowest BCUT2D eigenvalue weighted by Crippen LogP contribution is -2.53. The fourth-order valence-corrected chi connectivity index (χ4v) is 7.40. The Morgan fingerprint density at radius 1 is 1.28 bits per heavy atom. The first-order chi connectivity index (χ1) is 15.3. The largest absolute Gasteiger partial charge is 0.597 e. The molecule has 0 bridgehead atoms. The van der Waals surface area contributed by atoms with Crippen LogP contribution in [0.15, 0.2) is 22.8 Å². The third-order valence-corrected chi connectivity index (χ3v) is 9.66. The van der Waals surface area contributed by atoms with Gasteiger partial charge in [0.2, 0.25) is 5.95 Å². The molecule has 1 spiro atoms. The second kappa shape index (κ2) is 6.90. The summed E-state index contributed by atoms with van der Waals surface area (Å²) in [4.78, 5) is 11.3. The monoisotopic (exact) mass is 511 g/mol. The van der Waals surface area contributed by atoms with Crippen LogP contribution in [0.2, 0.25) is 0 Å². The van der Waals surface area contributed by atoms with E-state index in [1.54, 1.807) is 0 Å². The zero-order chi connectivity index (χ0) is 22.3. The van der Waals surface area contributed by atoms with E-state index in [9.17, 15) is 9.81 Å². The predicted molar refractivity (Wildman–Crippen MR) is 125 cm³/mol. The highest BCUT2D eigenvalue weighted by Gasteiger charge is 2.56. The zero-order valence-electron chi connectivity index (χ0n) is 17.8. The van der Waals surface area contributed by atoms with E-state index in [1.807, 2.05) is 0 Å². The first-order valence-corrected chi connectivity index (χ1v) is 12.7. The van der Waals surface area contributed by atoms with Crippen molar-refractivity contribution in [3.63, 3.8) is 0 Å². The summed E-state index contributed by atoms with van der Waals surface area (Å²) < 4.78 is 16.7. The minimum atomic E-state index is -1.14. The van der Waals surface area contributed by atoms with Gasteiger partial charge in [-0.2, -0.15) is 15.3 Å². The SMILES string of the molecule is CC1(C)c2cccc3c2[C@@H](N[S@+]1[O-])C1(CCN(c2nc(C#N)c4c(Br)n[nH]c4n2)CC1)C3. The molecule has 164 valence electrons. The molecule has 0 amide bonds. The molecule has 1 saturated heterocycles. The quantitative estimate of drug-likeness (QED) is 0.480. The van der Waals surface area contributed by atoms with Gasteiger partial charge in [-0.3, -0.25) is 5.10 Å². The van der Waals surface area contributed by atoms with Crippen LogP contribution in [0.3, 0.4) is 0 Å². The summed E-state index contributed by atoms with van der Waals surface area (Å²) in [5, 5.41) is 17.2. The molecule has 1 aliphatic carbocycles. The van der Waals surface area contributed by atoms with E-state index < -0.39 is 16.1 Å². The summed E-state index contributed by atoms with van der Waals surface area (Å²) in [5.74, 6) is 0.553. The number of benzene rings is 1. The molecule has 8 nitrogen and oxygen atoms in total. The smallest absolute Gasteiger partial charge is 0.228 e.